The lowest BCUT2D eigenvalue weighted by molar-refractivity contribution is -0.385. The zero-order valence-corrected chi connectivity index (χ0v) is 14.0. The van der Waals surface area contributed by atoms with Crippen LogP contribution in [0.2, 0.25) is 0 Å². The van der Waals surface area contributed by atoms with Crippen molar-refractivity contribution in [2.75, 3.05) is 6.54 Å². The van der Waals surface area contributed by atoms with E-state index < -0.39 is 22.2 Å². The molecule has 2 fully saturated rings. The summed E-state index contributed by atoms with van der Waals surface area (Å²) in [6.45, 7) is 4.38. The van der Waals surface area contributed by atoms with Gasteiger partial charge < -0.3 is 0 Å². The van der Waals surface area contributed by atoms with Crippen molar-refractivity contribution in [3.63, 3.8) is 0 Å². The van der Waals surface area contributed by atoms with E-state index in [0.29, 0.717) is 12.1 Å². The normalized spacial score (nSPS) is 28.2. The number of rotatable bonds is 7. The minimum atomic E-state index is -0.738. The third-order valence-corrected chi connectivity index (χ3v) is 5.50. The Balaban J connectivity index is 1.79. The number of hydrogen-bond acceptors (Lipinski definition) is 4. The Morgan fingerprint density at radius 1 is 1.12 bits per heavy atom. The van der Waals surface area contributed by atoms with E-state index in [0.717, 1.165) is 25.7 Å². The highest BCUT2D eigenvalue weighted by Gasteiger charge is 2.76. The summed E-state index contributed by atoms with van der Waals surface area (Å²) in [5, 5.41) is 11.3. The number of nitro benzene ring substituents is 1. The fourth-order valence-corrected chi connectivity index (χ4v) is 4.10. The maximum absolute atomic E-state index is 12.6. The second-order valence-electron chi connectivity index (χ2n) is 6.90. The Morgan fingerprint density at radius 3 is 2.33 bits per heavy atom. The Labute approximate surface area is 141 Å². The zero-order valence-electron chi connectivity index (χ0n) is 14.0. The van der Waals surface area contributed by atoms with Crippen LogP contribution in [0, 0.1) is 22.0 Å². The number of para-hydroxylation sites is 1. The SMILES string of the molecule is CCCCCCN1C(=O)C2C(C1=O)C2(C)c1ccccc1[N+](=O)[O-]. The summed E-state index contributed by atoms with van der Waals surface area (Å²) in [6, 6.07) is 6.43. The van der Waals surface area contributed by atoms with Gasteiger partial charge in [-0.15, -0.1) is 0 Å². The van der Waals surface area contributed by atoms with E-state index in [2.05, 4.69) is 6.92 Å². The van der Waals surface area contributed by atoms with Crippen molar-refractivity contribution in [1.29, 1.82) is 0 Å². The van der Waals surface area contributed by atoms with E-state index in [-0.39, 0.29) is 17.5 Å². The number of amides is 2. The average molecular weight is 330 g/mol. The third kappa shape index (κ3) is 2.32. The zero-order chi connectivity index (χ0) is 17.5. The molecule has 2 amide bonds. The van der Waals surface area contributed by atoms with Crippen molar-refractivity contribution < 1.29 is 14.5 Å². The number of benzene rings is 1. The van der Waals surface area contributed by atoms with Crippen LogP contribution in [-0.4, -0.2) is 28.2 Å². The van der Waals surface area contributed by atoms with Crippen molar-refractivity contribution in [3.8, 4) is 0 Å². The average Bonchev–Trinajstić information content (AvgIpc) is 3.11. The van der Waals surface area contributed by atoms with Gasteiger partial charge in [0, 0.05) is 23.6 Å². The monoisotopic (exact) mass is 330 g/mol. The van der Waals surface area contributed by atoms with Crippen LogP contribution in [0.15, 0.2) is 24.3 Å². The first-order valence-electron chi connectivity index (χ1n) is 8.53. The molecule has 0 bridgehead atoms. The Bertz CT molecular complexity index is 678. The van der Waals surface area contributed by atoms with Gasteiger partial charge in [-0.2, -0.15) is 0 Å². The van der Waals surface area contributed by atoms with Gasteiger partial charge in [-0.25, -0.2) is 0 Å². The molecular formula is C18H22N2O4. The Kier molecular flexibility index (Phi) is 4.15. The van der Waals surface area contributed by atoms with Crippen LogP contribution >= 0.6 is 0 Å². The summed E-state index contributed by atoms with van der Waals surface area (Å²) in [7, 11) is 0. The molecule has 3 rings (SSSR count). The second-order valence-corrected chi connectivity index (χ2v) is 6.90. The van der Waals surface area contributed by atoms with E-state index in [9.17, 15) is 19.7 Å². The van der Waals surface area contributed by atoms with Gasteiger partial charge in [0.1, 0.15) is 0 Å². The molecule has 0 spiro atoms. The number of likely N-dealkylation sites (tertiary alicyclic amines) is 1. The number of imide groups is 1. The molecule has 1 aromatic rings. The number of carbonyl (C=O) groups is 2. The second kappa shape index (κ2) is 6.00. The number of piperidine rings is 1. The summed E-state index contributed by atoms with van der Waals surface area (Å²) in [6.07, 6.45) is 4.02. The topological polar surface area (TPSA) is 80.5 Å². The highest BCUT2D eigenvalue weighted by molar-refractivity contribution is 6.12. The number of unbranched alkanes of at least 4 members (excludes halogenated alkanes) is 3. The van der Waals surface area contributed by atoms with Gasteiger partial charge >= 0.3 is 0 Å². The van der Waals surface area contributed by atoms with Crippen LogP contribution in [0.5, 0.6) is 0 Å². The molecule has 1 saturated carbocycles. The lowest BCUT2D eigenvalue weighted by atomic mass is 9.90. The quantitative estimate of drug-likeness (QED) is 0.333. The predicted molar refractivity (Wildman–Crippen MR) is 88.3 cm³/mol. The first kappa shape index (κ1) is 16.6. The predicted octanol–water partition coefficient (Wildman–Crippen LogP) is 3.05. The van der Waals surface area contributed by atoms with E-state index in [1.807, 2.05) is 0 Å². The molecule has 6 heteroatoms. The van der Waals surface area contributed by atoms with Crippen LogP contribution in [0.1, 0.15) is 45.1 Å². The van der Waals surface area contributed by atoms with E-state index >= 15 is 0 Å². The van der Waals surface area contributed by atoms with Gasteiger partial charge in [0.25, 0.3) is 5.69 Å². The first-order chi connectivity index (χ1) is 11.4. The molecule has 1 aromatic carbocycles. The minimum absolute atomic E-state index is 0.00973. The molecule has 24 heavy (non-hydrogen) atoms. The number of nitro groups is 1. The van der Waals surface area contributed by atoms with Crippen LogP contribution in [0.4, 0.5) is 5.69 Å². The first-order valence-corrected chi connectivity index (χ1v) is 8.53. The fourth-order valence-electron chi connectivity index (χ4n) is 4.10. The number of fused-ring (bicyclic) bond motifs is 1. The van der Waals surface area contributed by atoms with Crippen molar-refractivity contribution in [1.82, 2.24) is 4.90 Å². The van der Waals surface area contributed by atoms with E-state index in [1.54, 1.807) is 25.1 Å². The maximum atomic E-state index is 12.6. The molecule has 0 N–H and O–H groups in total. The molecule has 2 atom stereocenters. The van der Waals surface area contributed by atoms with Crippen LogP contribution in [-0.2, 0) is 15.0 Å². The number of nitrogens with zero attached hydrogens (tertiary/aromatic N) is 2. The number of carbonyl (C=O) groups excluding carboxylic acids is 2. The molecule has 1 aliphatic carbocycles. The summed E-state index contributed by atoms with van der Waals surface area (Å²) in [5.74, 6) is -1.22. The lowest BCUT2D eigenvalue weighted by Gasteiger charge is -2.23. The van der Waals surface area contributed by atoms with Crippen molar-refractivity contribution in [2.24, 2.45) is 11.8 Å². The molecule has 1 heterocycles. The molecule has 2 aliphatic rings. The Hall–Kier alpha value is -2.24. The summed E-state index contributed by atoms with van der Waals surface area (Å²) in [4.78, 5) is 37.4. The van der Waals surface area contributed by atoms with Gasteiger partial charge in [0.2, 0.25) is 11.8 Å². The highest BCUT2D eigenvalue weighted by atomic mass is 16.6. The van der Waals surface area contributed by atoms with Crippen LogP contribution in [0.3, 0.4) is 0 Å². The van der Waals surface area contributed by atoms with E-state index in [1.165, 1.54) is 11.0 Å². The smallest absolute Gasteiger partial charge is 0.273 e. The molecule has 6 nitrogen and oxygen atoms in total. The third-order valence-electron chi connectivity index (χ3n) is 5.50. The summed E-state index contributed by atoms with van der Waals surface area (Å²) >= 11 is 0. The van der Waals surface area contributed by atoms with Crippen molar-refractivity contribution >= 4 is 17.5 Å². The molecule has 1 aliphatic heterocycles. The van der Waals surface area contributed by atoms with Crippen LogP contribution < -0.4 is 0 Å². The van der Waals surface area contributed by atoms with Gasteiger partial charge in [-0.3, -0.25) is 24.6 Å². The summed E-state index contributed by atoms with van der Waals surface area (Å²) in [5.41, 5.74) is -0.251. The van der Waals surface area contributed by atoms with E-state index in [4.69, 9.17) is 0 Å². The van der Waals surface area contributed by atoms with Gasteiger partial charge in [0.05, 0.1) is 16.8 Å². The Morgan fingerprint density at radius 2 is 1.75 bits per heavy atom. The maximum Gasteiger partial charge on any atom is 0.273 e. The van der Waals surface area contributed by atoms with Crippen molar-refractivity contribution in [2.45, 2.75) is 44.9 Å². The van der Waals surface area contributed by atoms with Gasteiger partial charge in [-0.1, -0.05) is 51.3 Å². The molecule has 128 valence electrons. The lowest BCUT2D eigenvalue weighted by Crippen LogP contribution is -2.38. The fraction of sp³-hybridized carbons (Fsp3) is 0.556. The number of hydrogen-bond donors (Lipinski definition) is 0. The molecule has 2 unspecified atom stereocenters. The molecule has 1 saturated heterocycles. The van der Waals surface area contributed by atoms with Crippen LogP contribution in [0.25, 0.3) is 0 Å². The minimum Gasteiger partial charge on any atom is -0.282 e. The van der Waals surface area contributed by atoms with Gasteiger partial charge in [-0.05, 0) is 6.42 Å². The molecule has 0 radical (unpaired) electrons. The highest BCUT2D eigenvalue weighted by Crippen LogP contribution is 2.65. The van der Waals surface area contributed by atoms with Crippen molar-refractivity contribution in [3.05, 3.63) is 39.9 Å². The molecular weight excluding hydrogens is 308 g/mol. The largest absolute Gasteiger partial charge is 0.282 e. The standard InChI is InChI=1S/C18H22N2O4/c1-3-4-5-8-11-19-16(21)14-15(17(19)22)18(14,2)12-9-6-7-10-13(12)20(23)24/h6-7,9-10,14-15H,3-5,8,11H2,1-2H3. The summed E-state index contributed by atoms with van der Waals surface area (Å²) < 4.78 is 0. The molecule has 0 aromatic heterocycles. The van der Waals surface area contributed by atoms with Gasteiger partial charge in [0.15, 0.2) is 0 Å².